The van der Waals surface area contributed by atoms with Crippen LogP contribution in [-0.4, -0.2) is 30.4 Å². The molecule has 1 aliphatic heterocycles. The summed E-state index contributed by atoms with van der Waals surface area (Å²) in [5.41, 5.74) is 1.27. The van der Waals surface area contributed by atoms with Gasteiger partial charge in [-0.3, -0.25) is 9.69 Å². The van der Waals surface area contributed by atoms with Crippen molar-refractivity contribution in [3.8, 4) is 0 Å². The van der Waals surface area contributed by atoms with Crippen LogP contribution in [0.15, 0.2) is 15.2 Å². The Morgan fingerprint density at radius 1 is 1.64 bits per heavy atom. The summed E-state index contributed by atoms with van der Waals surface area (Å²) in [5.74, 6) is 0.130. The van der Waals surface area contributed by atoms with Crippen LogP contribution in [0.4, 0.5) is 0 Å². The molecule has 0 spiro atoms. The molecule has 1 N–H and O–H groups in total. The van der Waals surface area contributed by atoms with Crippen LogP contribution in [0.5, 0.6) is 0 Å². The van der Waals surface area contributed by atoms with Crippen molar-refractivity contribution in [1.29, 1.82) is 0 Å². The molecule has 1 aromatic heterocycles. The summed E-state index contributed by atoms with van der Waals surface area (Å²) in [5, 5.41) is 4.94. The smallest absolute Gasteiger partial charge is 0.234 e. The Kier molecular flexibility index (Phi) is 3.20. The van der Waals surface area contributed by atoms with E-state index in [1.54, 1.807) is 11.3 Å². The zero-order chi connectivity index (χ0) is 9.97. The van der Waals surface area contributed by atoms with Crippen LogP contribution < -0.4 is 5.32 Å². The summed E-state index contributed by atoms with van der Waals surface area (Å²) in [6.45, 7) is 3.10. The Hall–Kier alpha value is -0.390. The molecule has 0 atom stereocenters. The molecule has 1 fully saturated rings. The number of halogens is 1. The second-order valence-electron chi connectivity index (χ2n) is 3.32. The molecule has 76 valence electrons. The molecule has 2 rings (SSSR count). The van der Waals surface area contributed by atoms with Crippen LogP contribution in [0.1, 0.15) is 5.56 Å². The van der Waals surface area contributed by atoms with Gasteiger partial charge in [0.2, 0.25) is 5.91 Å². The number of thiophene rings is 1. The average Bonchev–Trinajstić information content (AvgIpc) is 2.51. The second-order valence-corrected chi connectivity index (χ2v) is 5.61. The highest BCUT2D eigenvalue weighted by atomic mass is 79.9. The lowest BCUT2D eigenvalue weighted by atomic mass is 10.3. The minimum atomic E-state index is 0.130. The number of hydrogen-bond acceptors (Lipinski definition) is 3. The Morgan fingerprint density at radius 3 is 3.14 bits per heavy atom. The number of nitrogens with one attached hydrogen (secondary N) is 1. The molecule has 1 amide bonds. The quantitative estimate of drug-likeness (QED) is 0.886. The van der Waals surface area contributed by atoms with E-state index in [0.717, 1.165) is 23.4 Å². The maximum atomic E-state index is 11.1. The van der Waals surface area contributed by atoms with Gasteiger partial charge in [0.1, 0.15) is 0 Å². The predicted octanol–water partition coefficient (Wildman–Crippen LogP) is 1.44. The van der Waals surface area contributed by atoms with Gasteiger partial charge in [0.05, 0.1) is 10.3 Å². The first-order valence-corrected chi connectivity index (χ1v) is 6.13. The number of hydrogen-bond donors (Lipinski definition) is 1. The van der Waals surface area contributed by atoms with E-state index in [1.165, 1.54) is 5.56 Å². The van der Waals surface area contributed by atoms with Crippen molar-refractivity contribution in [2.45, 2.75) is 6.54 Å². The fourth-order valence-corrected chi connectivity index (χ4v) is 2.71. The van der Waals surface area contributed by atoms with E-state index in [-0.39, 0.29) is 5.91 Å². The summed E-state index contributed by atoms with van der Waals surface area (Å²) in [6, 6.07) is 2.11. The van der Waals surface area contributed by atoms with Crippen molar-refractivity contribution in [1.82, 2.24) is 10.2 Å². The molecule has 3 nitrogen and oxygen atoms in total. The van der Waals surface area contributed by atoms with Crippen LogP contribution in [0.25, 0.3) is 0 Å². The van der Waals surface area contributed by atoms with Crippen LogP contribution >= 0.6 is 27.3 Å². The van der Waals surface area contributed by atoms with Gasteiger partial charge < -0.3 is 5.32 Å². The molecule has 0 aliphatic carbocycles. The molecular formula is C9H11BrN2OS. The van der Waals surface area contributed by atoms with Gasteiger partial charge in [-0.2, -0.15) is 0 Å². The Balaban J connectivity index is 1.93. The number of piperazine rings is 1. The highest BCUT2D eigenvalue weighted by Crippen LogP contribution is 2.21. The molecule has 2 heterocycles. The fourth-order valence-electron chi connectivity index (χ4n) is 1.51. The van der Waals surface area contributed by atoms with Gasteiger partial charge >= 0.3 is 0 Å². The Morgan fingerprint density at radius 2 is 2.50 bits per heavy atom. The molecule has 14 heavy (non-hydrogen) atoms. The first kappa shape index (κ1) is 10.1. The zero-order valence-corrected chi connectivity index (χ0v) is 10.0. The second kappa shape index (κ2) is 4.42. The molecule has 1 saturated heterocycles. The van der Waals surface area contributed by atoms with Crippen molar-refractivity contribution >= 4 is 33.2 Å². The number of amides is 1. The predicted molar refractivity (Wildman–Crippen MR) is 60.3 cm³/mol. The van der Waals surface area contributed by atoms with Crippen LogP contribution in [-0.2, 0) is 11.3 Å². The molecule has 0 unspecified atom stereocenters. The summed E-state index contributed by atoms with van der Waals surface area (Å²) in [4.78, 5) is 13.3. The van der Waals surface area contributed by atoms with Crippen molar-refractivity contribution < 1.29 is 4.79 Å². The third kappa shape index (κ3) is 2.56. The molecule has 0 bridgehead atoms. The van der Waals surface area contributed by atoms with Crippen LogP contribution in [0.3, 0.4) is 0 Å². The largest absolute Gasteiger partial charge is 0.354 e. The maximum absolute atomic E-state index is 11.1. The molecular weight excluding hydrogens is 264 g/mol. The van der Waals surface area contributed by atoms with Gasteiger partial charge in [0.15, 0.2) is 0 Å². The normalized spacial score (nSPS) is 18.2. The van der Waals surface area contributed by atoms with Gasteiger partial charge in [-0.25, -0.2) is 0 Å². The fraction of sp³-hybridized carbons (Fsp3) is 0.444. The standard InChI is InChI=1S/C9H11BrN2OS/c10-8-3-7(6-14-8)4-12-2-1-11-9(13)5-12/h3,6H,1-2,4-5H2,(H,11,13). The number of nitrogens with zero attached hydrogens (tertiary/aromatic N) is 1. The minimum absolute atomic E-state index is 0.130. The molecule has 5 heteroatoms. The van der Waals surface area contributed by atoms with Gasteiger partial charge in [-0.15, -0.1) is 11.3 Å². The SMILES string of the molecule is O=C1CN(Cc2csc(Br)c2)CCN1. The van der Waals surface area contributed by atoms with E-state index < -0.39 is 0 Å². The lowest BCUT2D eigenvalue weighted by Gasteiger charge is -2.25. The zero-order valence-electron chi connectivity index (χ0n) is 7.62. The van der Waals surface area contributed by atoms with Gasteiger partial charge in [0.25, 0.3) is 0 Å². The third-order valence-corrected chi connectivity index (χ3v) is 3.70. The highest BCUT2D eigenvalue weighted by molar-refractivity contribution is 9.11. The Bertz CT molecular complexity index is 339. The van der Waals surface area contributed by atoms with E-state index in [0.29, 0.717) is 6.54 Å². The van der Waals surface area contributed by atoms with Crippen molar-refractivity contribution in [2.24, 2.45) is 0 Å². The lowest BCUT2D eigenvalue weighted by Crippen LogP contribution is -2.47. The lowest BCUT2D eigenvalue weighted by molar-refractivity contribution is -0.124. The van der Waals surface area contributed by atoms with Gasteiger partial charge in [-0.1, -0.05) is 0 Å². The van der Waals surface area contributed by atoms with E-state index >= 15 is 0 Å². The first-order chi connectivity index (χ1) is 6.74. The topological polar surface area (TPSA) is 32.3 Å². The average molecular weight is 275 g/mol. The van der Waals surface area contributed by atoms with Gasteiger partial charge in [-0.05, 0) is 32.9 Å². The number of carbonyl (C=O) groups excluding carboxylic acids is 1. The van der Waals surface area contributed by atoms with E-state index in [1.807, 2.05) is 0 Å². The van der Waals surface area contributed by atoms with E-state index in [4.69, 9.17) is 0 Å². The monoisotopic (exact) mass is 274 g/mol. The minimum Gasteiger partial charge on any atom is -0.354 e. The van der Waals surface area contributed by atoms with Crippen molar-refractivity contribution in [3.05, 3.63) is 20.8 Å². The third-order valence-electron chi connectivity index (χ3n) is 2.15. The molecule has 0 radical (unpaired) electrons. The maximum Gasteiger partial charge on any atom is 0.234 e. The highest BCUT2D eigenvalue weighted by Gasteiger charge is 2.16. The number of rotatable bonds is 2. The molecule has 0 saturated carbocycles. The van der Waals surface area contributed by atoms with E-state index in [9.17, 15) is 4.79 Å². The van der Waals surface area contributed by atoms with E-state index in [2.05, 4.69) is 37.6 Å². The summed E-state index contributed by atoms with van der Waals surface area (Å²) < 4.78 is 1.15. The molecule has 1 aromatic rings. The van der Waals surface area contributed by atoms with Crippen molar-refractivity contribution in [3.63, 3.8) is 0 Å². The van der Waals surface area contributed by atoms with Crippen LogP contribution in [0, 0.1) is 0 Å². The summed E-state index contributed by atoms with van der Waals surface area (Å²) in [6.07, 6.45) is 0. The number of carbonyl (C=O) groups is 1. The van der Waals surface area contributed by atoms with Crippen LogP contribution in [0.2, 0.25) is 0 Å². The molecule has 0 aromatic carbocycles. The van der Waals surface area contributed by atoms with Gasteiger partial charge in [0, 0.05) is 19.6 Å². The summed E-state index contributed by atoms with van der Waals surface area (Å²) in [7, 11) is 0. The Labute approximate surface area is 95.2 Å². The summed E-state index contributed by atoms with van der Waals surface area (Å²) >= 11 is 5.11. The first-order valence-electron chi connectivity index (χ1n) is 4.46. The van der Waals surface area contributed by atoms with Crippen molar-refractivity contribution in [2.75, 3.05) is 19.6 Å². The molecule has 1 aliphatic rings.